The number of anilines is 1. The molecule has 30 heavy (non-hydrogen) atoms. The normalized spacial score (nSPS) is 16.6. The van der Waals surface area contributed by atoms with E-state index in [9.17, 15) is 14.4 Å². The molecule has 0 bridgehead atoms. The Morgan fingerprint density at radius 1 is 1.23 bits per heavy atom. The number of H-pyrrole nitrogens is 1. The molecule has 4 amide bonds. The van der Waals surface area contributed by atoms with Crippen LogP contribution in [0.15, 0.2) is 18.2 Å². The minimum atomic E-state index is -0.197. The van der Waals surface area contributed by atoms with Crippen LogP contribution in [0.5, 0.6) is 0 Å². The van der Waals surface area contributed by atoms with Gasteiger partial charge < -0.3 is 25.8 Å². The van der Waals surface area contributed by atoms with Crippen LogP contribution in [-0.2, 0) is 4.79 Å². The average Bonchev–Trinajstić information content (AvgIpc) is 3.32. The first-order valence-electron chi connectivity index (χ1n) is 9.99. The molecule has 1 fully saturated rings. The highest BCUT2D eigenvalue weighted by molar-refractivity contribution is 6.35. The molecule has 1 aromatic carbocycles. The van der Waals surface area contributed by atoms with Gasteiger partial charge in [-0.15, -0.1) is 0 Å². The number of aryl methyl sites for hydroxylation is 2. The van der Waals surface area contributed by atoms with Crippen LogP contribution in [-0.4, -0.2) is 53.9 Å². The maximum atomic E-state index is 12.7. The molecule has 2 aliphatic heterocycles. The molecule has 0 radical (unpaired) electrons. The molecular weight excluding hydrogens is 382 g/mol. The molecular formula is C22H25N5O3. The number of hydrogen-bond donors (Lipinski definition) is 4. The number of carbonyl (C=O) groups is 3. The Bertz CT molecular complexity index is 1080. The Labute approximate surface area is 174 Å². The first-order valence-corrected chi connectivity index (χ1v) is 9.99. The summed E-state index contributed by atoms with van der Waals surface area (Å²) in [6.07, 6.45) is 1.80. The number of fused-ring (bicyclic) bond motifs is 1. The van der Waals surface area contributed by atoms with Gasteiger partial charge in [0.05, 0.1) is 11.1 Å². The van der Waals surface area contributed by atoms with Gasteiger partial charge in [-0.05, 0) is 44.5 Å². The third-order valence-electron chi connectivity index (χ3n) is 5.56. The van der Waals surface area contributed by atoms with Crippen LogP contribution in [0.3, 0.4) is 0 Å². The molecule has 0 atom stereocenters. The van der Waals surface area contributed by atoms with Crippen LogP contribution in [0, 0.1) is 20.8 Å². The van der Waals surface area contributed by atoms with E-state index in [2.05, 4.69) is 20.9 Å². The summed E-state index contributed by atoms with van der Waals surface area (Å²) in [7, 11) is 0. The summed E-state index contributed by atoms with van der Waals surface area (Å²) >= 11 is 0. The van der Waals surface area contributed by atoms with E-state index in [0.717, 1.165) is 33.8 Å². The monoisotopic (exact) mass is 407 g/mol. The second kappa shape index (κ2) is 7.70. The van der Waals surface area contributed by atoms with Gasteiger partial charge in [-0.2, -0.15) is 0 Å². The lowest BCUT2D eigenvalue weighted by atomic mass is 10.0. The lowest BCUT2D eigenvalue weighted by Crippen LogP contribution is -2.37. The van der Waals surface area contributed by atoms with Crippen molar-refractivity contribution in [1.29, 1.82) is 0 Å². The van der Waals surface area contributed by atoms with Crippen LogP contribution in [0.4, 0.5) is 10.5 Å². The molecule has 2 aromatic rings. The molecule has 2 aliphatic rings. The zero-order chi connectivity index (χ0) is 21.4. The number of rotatable bonds is 5. The van der Waals surface area contributed by atoms with Gasteiger partial charge in [0.25, 0.3) is 11.8 Å². The van der Waals surface area contributed by atoms with E-state index in [1.54, 1.807) is 11.0 Å². The van der Waals surface area contributed by atoms with Crippen LogP contribution in [0.2, 0.25) is 0 Å². The van der Waals surface area contributed by atoms with Gasteiger partial charge in [-0.25, -0.2) is 4.79 Å². The summed E-state index contributed by atoms with van der Waals surface area (Å²) in [4.78, 5) is 41.7. The Kier molecular flexibility index (Phi) is 5.07. The second-order valence-corrected chi connectivity index (χ2v) is 7.70. The van der Waals surface area contributed by atoms with Crippen molar-refractivity contribution in [1.82, 2.24) is 20.5 Å². The van der Waals surface area contributed by atoms with Crippen molar-refractivity contribution in [2.45, 2.75) is 20.8 Å². The maximum absolute atomic E-state index is 12.7. The highest BCUT2D eigenvalue weighted by atomic mass is 16.2. The molecule has 3 heterocycles. The summed E-state index contributed by atoms with van der Waals surface area (Å²) in [5.41, 5.74) is 6.12. The summed E-state index contributed by atoms with van der Waals surface area (Å²) < 4.78 is 0. The molecule has 0 spiro atoms. The number of aromatic amines is 1. The summed E-state index contributed by atoms with van der Waals surface area (Å²) in [5, 5.41) is 8.51. The smallest absolute Gasteiger partial charge is 0.317 e. The topological polar surface area (TPSA) is 106 Å². The predicted molar refractivity (Wildman–Crippen MR) is 115 cm³/mol. The first-order chi connectivity index (χ1) is 14.3. The predicted octanol–water partition coefficient (Wildman–Crippen LogP) is 2.19. The number of hydrogen-bond acceptors (Lipinski definition) is 3. The quantitative estimate of drug-likeness (QED) is 0.571. The molecule has 4 rings (SSSR count). The van der Waals surface area contributed by atoms with Gasteiger partial charge in [0, 0.05) is 48.8 Å². The number of nitrogens with one attached hydrogen (secondary N) is 4. The molecule has 1 saturated heterocycles. The Morgan fingerprint density at radius 2 is 2.03 bits per heavy atom. The van der Waals surface area contributed by atoms with E-state index >= 15 is 0 Å². The van der Waals surface area contributed by atoms with Crippen LogP contribution in [0.25, 0.3) is 11.6 Å². The van der Waals surface area contributed by atoms with E-state index in [-0.39, 0.29) is 17.8 Å². The third kappa shape index (κ3) is 3.56. The van der Waals surface area contributed by atoms with E-state index in [1.165, 1.54) is 0 Å². The highest BCUT2D eigenvalue weighted by Crippen LogP contribution is 2.34. The Balaban J connectivity index is 1.53. The van der Waals surface area contributed by atoms with Crippen LogP contribution < -0.4 is 16.0 Å². The minimum Gasteiger partial charge on any atom is -0.358 e. The van der Waals surface area contributed by atoms with Crippen molar-refractivity contribution < 1.29 is 14.4 Å². The first kappa shape index (κ1) is 19.8. The fraction of sp³-hybridized carbons (Fsp3) is 0.318. The SMILES string of the molecule is Cc1ccc2c(c1)C(=Cc1[nH]c(C)c(C(=O)NCCN3CCNC3=O)c1C)C(=O)N2. The van der Waals surface area contributed by atoms with Crippen molar-refractivity contribution in [3.05, 3.63) is 51.8 Å². The lowest BCUT2D eigenvalue weighted by Gasteiger charge is -2.14. The Hall–Kier alpha value is -3.55. The second-order valence-electron chi connectivity index (χ2n) is 7.70. The van der Waals surface area contributed by atoms with Crippen molar-refractivity contribution in [3.8, 4) is 0 Å². The lowest BCUT2D eigenvalue weighted by molar-refractivity contribution is -0.110. The standard InChI is InChI=1S/C22H25N5O3/c1-12-4-5-17-15(10-12)16(20(28)26-17)11-18-13(2)19(14(3)25-18)21(29)23-6-8-27-9-7-24-22(27)30/h4-5,10-11,25H,6-9H2,1-3H3,(H,23,29)(H,24,30)(H,26,28). The fourth-order valence-electron chi connectivity index (χ4n) is 3.97. The molecule has 0 saturated carbocycles. The number of nitrogens with zero attached hydrogens (tertiary/aromatic N) is 1. The number of urea groups is 1. The minimum absolute atomic E-state index is 0.0995. The van der Waals surface area contributed by atoms with Gasteiger partial charge in [-0.1, -0.05) is 11.6 Å². The van der Waals surface area contributed by atoms with E-state index in [1.807, 2.05) is 39.0 Å². The zero-order valence-corrected chi connectivity index (χ0v) is 17.3. The van der Waals surface area contributed by atoms with Gasteiger partial charge in [-0.3, -0.25) is 9.59 Å². The molecule has 1 aromatic heterocycles. The van der Waals surface area contributed by atoms with Crippen molar-refractivity contribution in [2.75, 3.05) is 31.5 Å². The third-order valence-corrected chi connectivity index (χ3v) is 5.56. The largest absolute Gasteiger partial charge is 0.358 e. The van der Waals surface area contributed by atoms with Gasteiger partial charge in [0.15, 0.2) is 0 Å². The Morgan fingerprint density at radius 3 is 2.77 bits per heavy atom. The van der Waals surface area contributed by atoms with E-state index < -0.39 is 0 Å². The summed E-state index contributed by atoms with van der Waals surface area (Å²) in [5.74, 6) is -0.352. The number of carbonyl (C=O) groups excluding carboxylic acids is 3. The van der Waals surface area contributed by atoms with Crippen molar-refractivity contribution >= 4 is 35.2 Å². The molecule has 8 heteroatoms. The molecule has 156 valence electrons. The van der Waals surface area contributed by atoms with E-state index in [4.69, 9.17) is 0 Å². The summed E-state index contributed by atoms with van der Waals surface area (Å²) in [6.45, 7) is 7.82. The van der Waals surface area contributed by atoms with Gasteiger partial charge in [0.1, 0.15) is 0 Å². The van der Waals surface area contributed by atoms with Crippen molar-refractivity contribution in [3.63, 3.8) is 0 Å². The number of amides is 4. The maximum Gasteiger partial charge on any atom is 0.317 e. The average molecular weight is 407 g/mol. The van der Waals surface area contributed by atoms with Gasteiger partial charge >= 0.3 is 6.03 Å². The molecule has 8 nitrogen and oxygen atoms in total. The number of benzene rings is 1. The fourth-order valence-corrected chi connectivity index (χ4v) is 3.97. The van der Waals surface area contributed by atoms with Gasteiger partial charge in [0.2, 0.25) is 0 Å². The summed E-state index contributed by atoms with van der Waals surface area (Å²) in [6, 6.07) is 5.74. The molecule has 0 unspecified atom stereocenters. The van der Waals surface area contributed by atoms with E-state index in [0.29, 0.717) is 37.3 Å². The highest BCUT2D eigenvalue weighted by Gasteiger charge is 2.26. The molecule has 4 N–H and O–H groups in total. The van der Waals surface area contributed by atoms with Crippen LogP contribution in [0.1, 0.15) is 38.4 Å². The van der Waals surface area contributed by atoms with Crippen LogP contribution >= 0.6 is 0 Å². The molecule has 0 aliphatic carbocycles. The van der Waals surface area contributed by atoms with Crippen molar-refractivity contribution in [2.24, 2.45) is 0 Å². The number of aromatic nitrogens is 1. The zero-order valence-electron chi connectivity index (χ0n) is 17.3.